The molecule has 5 nitrogen and oxygen atoms in total. The molecule has 1 aliphatic carbocycles. The molecule has 1 saturated heterocycles. The molecule has 0 aromatic rings. The van der Waals surface area contributed by atoms with Gasteiger partial charge in [-0.15, -0.1) is 0 Å². The Kier molecular flexibility index (Phi) is 2.68. The van der Waals surface area contributed by atoms with Gasteiger partial charge in [0.1, 0.15) is 0 Å². The van der Waals surface area contributed by atoms with Gasteiger partial charge in [0, 0.05) is 39.0 Å². The number of hydrogen-bond acceptors (Lipinski definition) is 4. The minimum atomic E-state index is -3.24. The first-order valence-electron chi connectivity index (χ1n) is 4.73. The molecule has 2 aliphatic rings. The lowest BCUT2D eigenvalue weighted by Gasteiger charge is -2.22. The zero-order chi connectivity index (χ0) is 11.2. The van der Waals surface area contributed by atoms with E-state index in [0.29, 0.717) is 24.9 Å². The van der Waals surface area contributed by atoms with Gasteiger partial charge in [0.15, 0.2) is 0 Å². The van der Waals surface area contributed by atoms with Crippen LogP contribution >= 0.6 is 12.2 Å². The van der Waals surface area contributed by atoms with Crippen LogP contribution in [0.25, 0.3) is 0 Å². The molecule has 0 aromatic carbocycles. The van der Waals surface area contributed by atoms with E-state index in [2.05, 4.69) is 22.4 Å². The number of aliphatic imine (C=N–C) groups is 1. The summed E-state index contributed by atoms with van der Waals surface area (Å²) >= 11 is 4.53. The van der Waals surface area contributed by atoms with E-state index in [9.17, 15) is 8.42 Å². The maximum atomic E-state index is 11.7. The Morgan fingerprint density at radius 1 is 1.40 bits per heavy atom. The summed E-state index contributed by atoms with van der Waals surface area (Å²) in [7, 11) is -0.144. The number of isothiocyanates is 1. The Bertz CT molecular complexity index is 402. The fraction of sp³-hybridized carbons (Fsp3) is 0.875. The maximum Gasteiger partial charge on any atom is 0.281 e. The van der Waals surface area contributed by atoms with Gasteiger partial charge in [-0.1, -0.05) is 0 Å². The average Bonchev–Trinajstić information content (AvgIpc) is 2.62. The molecule has 7 heteroatoms. The summed E-state index contributed by atoms with van der Waals surface area (Å²) in [6.07, 6.45) is 0. The van der Waals surface area contributed by atoms with Gasteiger partial charge in [0.05, 0.1) is 11.2 Å². The average molecular weight is 247 g/mol. The number of hydrogen-bond donors (Lipinski definition) is 0. The third kappa shape index (κ3) is 1.74. The van der Waals surface area contributed by atoms with E-state index in [1.54, 1.807) is 14.1 Å². The summed E-state index contributed by atoms with van der Waals surface area (Å²) < 4.78 is 26.3. The van der Waals surface area contributed by atoms with Crippen molar-refractivity contribution in [2.75, 3.05) is 27.2 Å². The lowest BCUT2D eigenvalue weighted by atomic mass is 10.4. The second kappa shape index (κ2) is 3.61. The van der Waals surface area contributed by atoms with Crippen molar-refractivity contribution < 1.29 is 8.42 Å². The molecule has 2 rings (SSSR count). The largest absolute Gasteiger partial charge is 0.281 e. The second-order valence-corrected chi connectivity index (χ2v) is 6.47. The molecule has 1 saturated carbocycles. The minimum Gasteiger partial charge on any atom is -0.228 e. The number of nitrogens with zero attached hydrogens (tertiary/aromatic N) is 3. The molecule has 84 valence electrons. The predicted octanol–water partition coefficient (Wildman–Crippen LogP) is -0.174. The van der Waals surface area contributed by atoms with Crippen molar-refractivity contribution in [1.29, 1.82) is 0 Å². The third-order valence-corrected chi connectivity index (χ3v) is 5.08. The highest BCUT2D eigenvalue weighted by Gasteiger charge is 2.58. The van der Waals surface area contributed by atoms with Crippen molar-refractivity contribution >= 4 is 27.6 Å². The molecule has 2 atom stereocenters. The van der Waals surface area contributed by atoms with Gasteiger partial charge < -0.3 is 0 Å². The Balaban J connectivity index is 2.02. The Labute approximate surface area is 95.0 Å². The smallest absolute Gasteiger partial charge is 0.228 e. The van der Waals surface area contributed by atoms with Gasteiger partial charge in [0.25, 0.3) is 10.2 Å². The van der Waals surface area contributed by atoms with Gasteiger partial charge in [-0.25, -0.2) is 4.99 Å². The van der Waals surface area contributed by atoms with Crippen molar-refractivity contribution in [3.63, 3.8) is 0 Å². The summed E-state index contributed by atoms with van der Waals surface area (Å²) in [5.41, 5.74) is 0. The van der Waals surface area contributed by atoms with E-state index in [4.69, 9.17) is 0 Å². The van der Waals surface area contributed by atoms with E-state index >= 15 is 0 Å². The highest BCUT2D eigenvalue weighted by atomic mass is 32.2. The van der Waals surface area contributed by atoms with Gasteiger partial charge in [-0.2, -0.15) is 17.0 Å². The van der Waals surface area contributed by atoms with Crippen LogP contribution in [0, 0.1) is 11.8 Å². The van der Waals surface area contributed by atoms with Crippen molar-refractivity contribution in [3.8, 4) is 0 Å². The lowest BCUT2D eigenvalue weighted by Crippen LogP contribution is -2.40. The molecule has 2 fully saturated rings. The SMILES string of the molecule is CN(C)S(=O)(=O)N1CC2C(C1)C2N=C=S. The van der Waals surface area contributed by atoms with Crippen LogP contribution in [0.2, 0.25) is 0 Å². The Morgan fingerprint density at radius 3 is 2.33 bits per heavy atom. The molecular weight excluding hydrogens is 234 g/mol. The summed E-state index contributed by atoms with van der Waals surface area (Å²) in [5.74, 6) is 0.713. The number of piperidine rings is 1. The highest BCUT2D eigenvalue weighted by molar-refractivity contribution is 7.86. The molecule has 0 radical (unpaired) electrons. The zero-order valence-electron chi connectivity index (χ0n) is 8.62. The highest BCUT2D eigenvalue weighted by Crippen LogP contribution is 2.48. The van der Waals surface area contributed by atoms with Gasteiger partial charge in [-0.3, -0.25) is 0 Å². The Morgan fingerprint density at radius 2 is 1.93 bits per heavy atom. The zero-order valence-corrected chi connectivity index (χ0v) is 10.3. The van der Waals surface area contributed by atoms with Crippen LogP contribution in [0.4, 0.5) is 0 Å². The van der Waals surface area contributed by atoms with Crippen LogP contribution in [0.1, 0.15) is 0 Å². The van der Waals surface area contributed by atoms with Crippen molar-refractivity contribution in [2.45, 2.75) is 6.04 Å². The van der Waals surface area contributed by atoms with Crippen LogP contribution in [0.15, 0.2) is 4.99 Å². The van der Waals surface area contributed by atoms with Crippen molar-refractivity contribution in [2.24, 2.45) is 16.8 Å². The summed E-state index contributed by atoms with van der Waals surface area (Å²) in [5, 5.41) is 2.36. The number of fused-ring (bicyclic) bond motifs is 1. The fourth-order valence-corrected chi connectivity index (χ4v) is 3.43. The Hall–Kier alpha value is -0.330. The molecular formula is C8H13N3O2S2. The first kappa shape index (κ1) is 11.2. The van der Waals surface area contributed by atoms with Crippen molar-refractivity contribution in [1.82, 2.24) is 8.61 Å². The van der Waals surface area contributed by atoms with Crippen LogP contribution in [0.5, 0.6) is 0 Å². The van der Waals surface area contributed by atoms with E-state index in [1.165, 1.54) is 8.61 Å². The van der Waals surface area contributed by atoms with E-state index < -0.39 is 10.2 Å². The maximum absolute atomic E-state index is 11.7. The molecule has 0 spiro atoms. The van der Waals surface area contributed by atoms with Gasteiger partial charge in [0.2, 0.25) is 0 Å². The van der Waals surface area contributed by atoms with Gasteiger partial charge in [-0.05, 0) is 12.2 Å². The molecule has 15 heavy (non-hydrogen) atoms. The summed E-state index contributed by atoms with van der Waals surface area (Å²) in [6, 6.07) is 0.219. The van der Waals surface area contributed by atoms with Crippen LogP contribution in [0.3, 0.4) is 0 Å². The molecule has 2 unspecified atom stereocenters. The molecule has 1 aliphatic heterocycles. The first-order valence-corrected chi connectivity index (χ1v) is 6.53. The van der Waals surface area contributed by atoms with Crippen LogP contribution < -0.4 is 0 Å². The van der Waals surface area contributed by atoms with Crippen LogP contribution in [-0.4, -0.2) is 55.4 Å². The molecule has 0 aromatic heterocycles. The standard InChI is InChI=1S/C8H13N3O2S2/c1-10(2)15(12,13)11-3-6-7(4-11)8(6)9-5-14/h6-8H,3-4H2,1-2H3. The summed E-state index contributed by atoms with van der Waals surface area (Å²) in [6.45, 7) is 1.13. The third-order valence-electron chi connectivity index (χ3n) is 3.10. The predicted molar refractivity (Wildman–Crippen MR) is 60.0 cm³/mol. The van der Waals surface area contributed by atoms with Crippen molar-refractivity contribution in [3.05, 3.63) is 0 Å². The van der Waals surface area contributed by atoms with E-state index in [-0.39, 0.29) is 6.04 Å². The lowest BCUT2D eigenvalue weighted by molar-refractivity contribution is 0.392. The summed E-state index contributed by atoms with van der Waals surface area (Å²) in [4.78, 5) is 4.01. The normalized spacial score (nSPS) is 35.0. The van der Waals surface area contributed by atoms with E-state index in [0.717, 1.165) is 0 Å². The van der Waals surface area contributed by atoms with Crippen LogP contribution in [-0.2, 0) is 10.2 Å². The molecule has 0 bridgehead atoms. The topological polar surface area (TPSA) is 53.0 Å². The number of rotatable bonds is 3. The minimum absolute atomic E-state index is 0.219. The van der Waals surface area contributed by atoms with E-state index in [1.807, 2.05) is 0 Å². The van der Waals surface area contributed by atoms with Gasteiger partial charge >= 0.3 is 0 Å². The first-order chi connectivity index (χ1) is 6.98. The quantitative estimate of drug-likeness (QED) is 0.514. The fourth-order valence-electron chi connectivity index (χ4n) is 2.13. The molecule has 0 N–H and O–H groups in total. The monoisotopic (exact) mass is 247 g/mol. The number of thiocarbonyl (C=S) groups is 1. The second-order valence-electron chi connectivity index (χ2n) is 4.15. The molecule has 1 heterocycles. The molecule has 0 amide bonds.